The molecule has 0 unspecified atom stereocenters. The van der Waals surface area contributed by atoms with Gasteiger partial charge < -0.3 is 34.1 Å². The number of ether oxygens (including phenoxy) is 4. The van der Waals surface area contributed by atoms with Crippen molar-refractivity contribution in [2.75, 3.05) is 65.6 Å². The van der Waals surface area contributed by atoms with Crippen molar-refractivity contribution in [3.63, 3.8) is 0 Å². The molecule has 0 aliphatic carbocycles. The van der Waals surface area contributed by atoms with Crippen molar-refractivity contribution in [3.05, 3.63) is 92.8 Å². The number of carbonyl (C=O) groups excluding carboxylic acids is 1. The van der Waals surface area contributed by atoms with Crippen LogP contribution in [0.15, 0.2) is 53.8 Å². The normalized spacial score (nSPS) is 13.3. The Morgan fingerprint density at radius 2 is 1.71 bits per heavy atom. The fourth-order valence-electron chi connectivity index (χ4n) is 7.99. The summed E-state index contributed by atoms with van der Waals surface area (Å²) >= 11 is 6.51. The molecule has 0 saturated carbocycles. The van der Waals surface area contributed by atoms with Crippen LogP contribution in [0.5, 0.6) is 5.75 Å². The van der Waals surface area contributed by atoms with E-state index in [1.807, 2.05) is 60.4 Å². The lowest BCUT2D eigenvalue weighted by Crippen LogP contribution is -2.42. The molecule has 2 N–H and O–H groups in total. The van der Waals surface area contributed by atoms with E-state index in [9.17, 15) is 9.59 Å². The lowest BCUT2D eigenvalue weighted by Gasteiger charge is -2.32. The van der Waals surface area contributed by atoms with Gasteiger partial charge in [-0.05, 0) is 57.9 Å². The molecular formula is C45H48ClN11O6. The van der Waals surface area contributed by atoms with Crippen LogP contribution >= 0.6 is 11.6 Å². The average molecular weight is 874 g/mol. The number of nitrogen functional groups attached to an aromatic ring is 1. The molecule has 1 aliphatic rings. The van der Waals surface area contributed by atoms with Gasteiger partial charge in [0.25, 0.3) is 0 Å². The quantitative estimate of drug-likeness (QED) is 0.0876. The van der Waals surface area contributed by atoms with E-state index in [1.54, 1.807) is 42.2 Å². The minimum absolute atomic E-state index is 0.0570. The van der Waals surface area contributed by atoms with Crippen LogP contribution in [0.25, 0.3) is 44.4 Å². The highest BCUT2D eigenvalue weighted by atomic mass is 35.5. The summed E-state index contributed by atoms with van der Waals surface area (Å²) < 4.78 is 27.9. The van der Waals surface area contributed by atoms with Crippen molar-refractivity contribution in [2.24, 2.45) is 7.05 Å². The number of rotatable bonds is 14. The second-order valence-corrected chi connectivity index (χ2v) is 15.7. The zero-order chi connectivity index (χ0) is 44.2. The number of aryl methyl sites for hydroxylation is 3. The van der Waals surface area contributed by atoms with Crippen molar-refractivity contribution in [1.29, 1.82) is 0 Å². The molecule has 0 bridgehead atoms. The number of hydrogen-bond donors (Lipinski definition) is 1. The SMILES string of the molecule is COc1c(C)cnc(Cn2cc(C#CCOCCOCCOCC(=O)N3CCC(n4c(=O)n(C)c5cnc6ccc(-c7ccc(C)nc7)nc6c54)CC3)c3c(Cl)nc(N)nc32)c1C. The molecule has 8 heterocycles. The molecule has 0 spiro atoms. The Labute approximate surface area is 368 Å². The summed E-state index contributed by atoms with van der Waals surface area (Å²) in [5.41, 5.74) is 15.1. The lowest BCUT2D eigenvalue weighted by atomic mass is 10.0. The van der Waals surface area contributed by atoms with Crippen LogP contribution in [0.4, 0.5) is 5.95 Å². The zero-order valence-electron chi connectivity index (χ0n) is 35.9. The maximum absolute atomic E-state index is 13.7. The van der Waals surface area contributed by atoms with Gasteiger partial charge in [-0.25, -0.2) is 14.8 Å². The summed E-state index contributed by atoms with van der Waals surface area (Å²) in [5.74, 6) is 6.90. The Hall–Kier alpha value is -6.45. The van der Waals surface area contributed by atoms with Crippen molar-refractivity contribution in [1.82, 2.24) is 48.5 Å². The fraction of sp³-hybridized carbons (Fsp3) is 0.378. The summed E-state index contributed by atoms with van der Waals surface area (Å²) in [6.07, 6.45) is 8.39. The summed E-state index contributed by atoms with van der Waals surface area (Å²) in [5, 5.41) is 0.802. The molecule has 7 aromatic heterocycles. The first-order chi connectivity index (χ1) is 30.5. The number of nitrogens with zero attached hydrogens (tertiary/aromatic N) is 10. The fourth-order valence-corrected chi connectivity index (χ4v) is 8.26. The predicted octanol–water partition coefficient (Wildman–Crippen LogP) is 4.97. The minimum atomic E-state index is -0.133. The third-order valence-corrected chi connectivity index (χ3v) is 11.6. The Bertz CT molecular complexity index is 2940. The van der Waals surface area contributed by atoms with Gasteiger partial charge in [-0.1, -0.05) is 23.4 Å². The lowest BCUT2D eigenvalue weighted by molar-refractivity contribution is -0.138. The van der Waals surface area contributed by atoms with Gasteiger partial charge in [0, 0.05) is 67.2 Å². The topological polar surface area (TPSA) is 192 Å². The molecule has 1 saturated heterocycles. The largest absolute Gasteiger partial charge is 0.496 e. The first kappa shape index (κ1) is 43.2. The van der Waals surface area contributed by atoms with Crippen LogP contribution in [-0.2, 0) is 32.6 Å². The van der Waals surface area contributed by atoms with Gasteiger partial charge >= 0.3 is 5.69 Å². The van der Waals surface area contributed by atoms with Crippen LogP contribution in [0, 0.1) is 32.6 Å². The average Bonchev–Trinajstić information content (AvgIpc) is 3.76. The highest BCUT2D eigenvalue weighted by Crippen LogP contribution is 2.32. The second-order valence-electron chi connectivity index (χ2n) is 15.4. The number of hydrogen-bond acceptors (Lipinski definition) is 13. The van der Waals surface area contributed by atoms with Crippen molar-refractivity contribution in [3.8, 4) is 28.8 Å². The van der Waals surface area contributed by atoms with Gasteiger partial charge in [-0.2, -0.15) is 4.98 Å². The first-order valence-corrected chi connectivity index (χ1v) is 21.0. The molecule has 63 heavy (non-hydrogen) atoms. The smallest absolute Gasteiger partial charge is 0.329 e. The van der Waals surface area contributed by atoms with E-state index in [0.717, 1.165) is 45.0 Å². The van der Waals surface area contributed by atoms with Crippen LogP contribution in [0.1, 0.15) is 47.0 Å². The van der Waals surface area contributed by atoms with E-state index in [1.165, 1.54) is 0 Å². The third kappa shape index (κ3) is 9.07. The van der Waals surface area contributed by atoms with Crippen LogP contribution in [-0.4, -0.2) is 114 Å². The number of pyridine rings is 4. The van der Waals surface area contributed by atoms with E-state index in [-0.39, 0.29) is 48.6 Å². The summed E-state index contributed by atoms with van der Waals surface area (Å²) in [6, 6.07) is 7.67. The Balaban J connectivity index is 0.781. The number of amides is 1. The van der Waals surface area contributed by atoms with E-state index >= 15 is 0 Å². The molecule has 18 heteroatoms. The van der Waals surface area contributed by atoms with Crippen molar-refractivity contribution >= 4 is 56.6 Å². The van der Waals surface area contributed by atoms with Gasteiger partial charge in [0.1, 0.15) is 35.3 Å². The van der Waals surface area contributed by atoms with E-state index < -0.39 is 0 Å². The number of anilines is 1. The van der Waals surface area contributed by atoms with Crippen molar-refractivity contribution in [2.45, 2.75) is 46.2 Å². The van der Waals surface area contributed by atoms with Gasteiger partial charge in [-0.3, -0.25) is 28.9 Å². The zero-order valence-corrected chi connectivity index (χ0v) is 36.6. The number of halogens is 1. The van der Waals surface area contributed by atoms with E-state index in [2.05, 4.69) is 36.8 Å². The molecule has 7 aromatic rings. The standard InChI is InChI=1S/C45H48ClN11O6/c1-27-21-49-35(29(3)41(27)60-5)25-56-24-31(38-42(46)52-44(47)53-43(38)56)7-6-16-61-17-18-62-19-20-63-26-37(58)55-14-12-32(13-15-55)57-40-36(54(4)45(57)59)23-50-34-11-10-33(51-39(34)40)30-9-8-28(2)48-22-30/h8-11,21-24,32H,12-20,25-26H2,1-5H3,(H2,47,52,53). The number of nitrogens with two attached hydrogens (primary N) is 1. The van der Waals surface area contributed by atoms with E-state index in [4.69, 9.17) is 41.3 Å². The van der Waals surface area contributed by atoms with Crippen LogP contribution in [0.2, 0.25) is 5.15 Å². The number of methoxy groups -OCH3 is 1. The maximum Gasteiger partial charge on any atom is 0.329 e. The molecule has 17 nitrogen and oxygen atoms in total. The highest BCUT2D eigenvalue weighted by molar-refractivity contribution is 6.34. The molecule has 0 aromatic carbocycles. The molecule has 1 aliphatic heterocycles. The van der Waals surface area contributed by atoms with Crippen LogP contribution in [0.3, 0.4) is 0 Å². The minimum Gasteiger partial charge on any atom is -0.496 e. The molecule has 8 rings (SSSR count). The number of carbonyl (C=O) groups is 1. The van der Waals surface area contributed by atoms with Crippen LogP contribution < -0.4 is 16.2 Å². The number of piperidine rings is 1. The van der Waals surface area contributed by atoms with Gasteiger partial charge in [0.15, 0.2) is 0 Å². The monoisotopic (exact) mass is 873 g/mol. The van der Waals surface area contributed by atoms with Gasteiger partial charge in [-0.15, -0.1) is 0 Å². The first-order valence-electron chi connectivity index (χ1n) is 20.6. The molecule has 0 radical (unpaired) electrons. The molecule has 1 amide bonds. The number of likely N-dealkylation sites (tertiary alicyclic amines) is 1. The molecular weight excluding hydrogens is 826 g/mol. The highest BCUT2D eigenvalue weighted by Gasteiger charge is 2.28. The van der Waals surface area contributed by atoms with Crippen molar-refractivity contribution < 1.29 is 23.7 Å². The Morgan fingerprint density at radius 3 is 2.48 bits per heavy atom. The Kier molecular flexibility index (Phi) is 13.0. The van der Waals surface area contributed by atoms with Gasteiger partial charge in [0.05, 0.1) is 85.2 Å². The maximum atomic E-state index is 13.7. The summed E-state index contributed by atoms with van der Waals surface area (Å²) in [7, 11) is 3.39. The summed E-state index contributed by atoms with van der Waals surface area (Å²) in [6.45, 7) is 8.57. The molecule has 0 atom stereocenters. The number of fused-ring (bicyclic) bond motifs is 4. The van der Waals surface area contributed by atoms with Gasteiger partial charge in [0.2, 0.25) is 11.9 Å². The third-order valence-electron chi connectivity index (χ3n) is 11.3. The predicted molar refractivity (Wildman–Crippen MR) is 239 cm³/mol. The summed E-state index contributed by atoms with van der Waals surface area (Å²) in [4.78, 5) is 55.7. The Morgan fingerprint density at radius 1 is 0.937 bits per heavy atom. The molecule has 326 valence electrons. The van der Waals surface area contributed by atoms with E-state index in [0.29, 0.717) is 85.4 Å². The molecule has 1 fully saturated rings. The number of aromatic nitrogens is 9. The second kappa shape index (κ2) is 18.9. The number of imidazole rings is 1.